The summed E-state index contributed by atoms with van der Waals surface area (Å²) >= 11 is 0. The van der Waals surface area contributed by atoms with Crippen molar-refractivity contribution in [3.05, 3.63) is 48.3 Å². The number of benzene rings is 2. The van der Waals surface area contributed by atoms with Crippen molar-refractivity contribution in [2.24, 2.45) is 10.7 Å². The fraction of sp³-hybridized carbons (Fsp3) is 0.300. The number of imidazole rings is 1. The van der Waals surface area contributed by atoms with Gasteiger partial charge in [0.1, 0.15) is 5.82 Å². The van der Waals surface area contributed by atoms with Crippen LogP contribution in [0.4, 0.5) is 5.69 Å². The van der Waals surface area contributed by atoms with Crippen LogP contribution in [0.2, 0.25) is 0 Å². The van der Waals surface area contributed by atoms with Crippen LogP contribution in [0.3, 0.4) is 0 Å². The molecule has 0 fully saturated rings. The van der Waals surface area contributed by atoms with E-state index in [2.05, 4.69) is 25.9 Å². The molecule has 0 bridgehead atoms. The molecule has 0 amide bonds. The summed E-state index contributed by atoms with van der Waals surface area (Å²) in [7, 11) is 0. The molecule has 1 aliphatic rings. The van der Waals surface area contributed by atoms with Crippen LogP contribution in [-0.4, -0.2) is 35.3 Å². The van der Waals surface area contributed by atoms with E-state index in [1.807, 2.05) is 43.3 Å². The zero-order valence-corrected chi connectivity index (χ0v) is 18.1. The van der Waals surface area contributed by atoms with Gasteiger partial charge in [0.25, 0.3) is 0 Å². The van der Waals surface area contributed by atoms with Gasteiger partial charge in [-0.05, 0) is 31.2 Å². The third-order valence-electron chi connectivity index (χ3n) is 4.47. The second kappa shape index (κ2) is 9.13. The third-order valence-corrected chi connectivity index (χ3v) is 4.47. The number of nitrogens with two attached hydrogens (primary N) is 1. The fourth-order valence-corrected chi connectivity index (χ4v) is 3.18. The van der Waals surface area contributed by atoms with Crippen molar-refractivity contribution in [1.29, 1.82) is 0 Å². The van der Waals surface area contributed by atoms with Crippen molar-refractivity contribution in [3.8, 4) is 11.5 Å². The van der Waals surface area contributed by atoms with Crippen molar-refractivity contribution >= 4 is 46.7 Å². The van der Waals surface area contributed by atoms with Gasteiger partial charge < -0.3 is 25.1 Å². The number of aromatic nitrogens is 2. The van der Waals surface area contributed by atoms with Crippen LogP contribution >= 0.6 is 24.0 Å². The molecule has 0 radical (unpaired) electrons. The summed E-state index contributed by atoms with van der Waals surface area (Å²) in [5.74, 6) is 2.83. The Morgan fingerprint density at radius 2 is 1.96 bits per heavy atom. The highest BCUT2D eigenvalue weighted by Gasteiger charge is 2.11. The lowest BCUT2D eigenvalue weighted by Gasteiger charge is -2.11. The minimum absolute atomic E-state index is 0. The van der Waals surface area contributed by atoms with Crippen LogP contribution in [0.1, 0.15) is 12.2 Å². The Labute approximate surface area is 181 Å². The number of fused-ring (bicyclic) bond motifs is 2. The molecule has 28 heavy (non-hydrogen) atoms. The zero-order valence-electron chi connectivity index (χ0n) is 15.7. The first-order valence-corrected chi connectivity index (χ1v) is 9.09. The van der Waals surface area contributed by atoms with E-state index < -0.39 is 0 Å². The minimum Gasteiger partial charge on any atom is -0.490 e. The summed E-state index contributed by atoms with van der Waals surface area (Å²) < 4.78 is 13.5. The number of hydrogen-bond acceptors (Lipinski definition) is 4. The van der Waals surface area contributed by atoms with Crippen LogP contribution in [0.5, 0.6) is 11.5 Å². The molecule has 0 unspecified atom stereocenters. The molecule has 0 atom stereocenters. The van der Waals surface area contributed by atoms with E-state index in [0.717, 1.165) is 47.0 Å². The first kappa shape index (κ1) is 20.2. The van der Waals surface area contributed by atoms with Crippen molar-refractivity contribution in [2.75, 3.05) is 25.1 Å². The Bertz CT molecular complexity index is 986. The molecule has 0 saturated carbocycles. The van der Waals surface area contributed by atoms with Crippen LogP contribution in [0, 0.1) is 6.92 Å². The van der Waals surface area contributed by atoms with Crippen LogP contribution in [0.15, 0.2) is 47.5 Å². The lowest BCUT2D eigenvalue weighted by atomic mass is 10.3. The molecule has 148 valence electrons. The van der Waals surface area contributed by atoms with Crippen LogP contribution in [-0.2, 0) is 6.54 Å². The largest absolute Gasteiger partial charge is 0.490 e. The summed E-state index contributed by atoms with van der Waals surface area (Å²) in [6.45, 7) is 4.60. The highest BCUT2D eigenvalue weighted by molar-refractivity contribution is 14.0. The van der Waals surface area contributed by atoms with Gasteiger partial charge in [-0.2, -0.15) is 0 Å². The topological polar surface area (TPSA) is 86.7 Å². The maximum Gasteiger partial charge on any atom is 0.193 e. The van der Waals surface area contributed by atoms with E-state index in [9.17, 15) is 0 Å². The van der Waals surface area contributed by atoms with Crippen molar-refractivity contribution in [1.82, 2.24) is 9.55 Å². The lowest BCUT2D eigenvalue weighted by molar-refractivity contribution is 0.297. The lowest BCUT2D eigenvalue weighted by Crippen LogP contribution is -2.23. The number of guanidine groups is 1. The molecular weight excluding hydrogens is 469 g/mol. The summed E-state index contributed by atoms with van der Waals surface area (Å²) in [5.41, 5.74) is 8.98. The molecule has 0 saturated heterocycles. The summed E-state index contributed by atoms with van der Waals surface area (Å²) in [6.07, 6.45) is 0.878. The second-order valence-corrected chi connectivity index (χ2v) is 6.40. The predicted octanol–water partition coefficient (Wildman–Crippen LogP) is 3.55. The predicted molar refractivity (Wildman–Crippen MR) is 122 cm³/mol. The summed E-state index contributed by atoms with van der Waals surface area (Å²) in [5, 5.41) is 3.11. The number of nitrogens with one attached hydrogen (secondary N) is 1. The van der Waals surface area contributed by atoms with E-state index in [1.165, 1.54) is 0 Å². The van der Waals surface area contributed by atoms with Gasteiger partial charge in [-0.3, -0.25) is 4.99 Å². The molecule has 2 heterocycles. The monoisotopic (exact) mass is 493 g/mol. The fourth-order valence-electron chi connectivity index (χ4n) is 3.18. The quantitative estimate of drug-likeness (QED) is 0.330. The molecule has 4 rings (SSSR count). The Morgan fingerprint density at radius 1 is 1.18 bits per heavy atom. The number of nitrogens with zero attached hydrogens (tertiary/aromatic N) is 3. The molecule has 0 spiro atoms. The molecule has 7 nitrogen and oxygen atoms in total. The van der Waals surface area contributed by atoms with Crippen LogP contribution < -0.4 is 20.5 Å². The number of para-hydroxylation sites is 2. The maximum atomic E-state index is 6.04. The summed E-state index contributed by atoms with van der Waals surface area (Å²) in [4.78, 5) is 9.00. The molecular formula is C20H24IN5O2. The SMILES string of the molecule is Cc1nc2ccccc2n1CCN=C(N)Nc1ccc2c(c1)OCCCO2.I. The molecule has 8 heteroatoms. The Balaban J connectivity index is 0.00000225. The average molecular weight is 493 g/mol. The normalized spacial score (nSPS) is 13.7. The van der Waals surface area contributed by atoms with Gasteiger partial charge in [-0.15, -0.1) is 24.0 Å². The zero-order chi connectivity index (χ0) is 18.6. The standard InChI is InChI=1S/C20H23N5O2.HI/c1-14-23-16-5-2-3-6-17(16)25(14)10-9-22-20(21)24-15-7-8-18-19(13-15)27-12-4-11-26-18;/h2-3,5-8,13H,4,9-12H2,1H3,(H3,21,22,24);1H. The van der Waals surface area contributed by atoms with Gasteiger partial charge in [0.05, 0.1) is 30.8 Å². The first-order valence-electron chi connectivity index (χ1n) is 9.09. The number of anilines is 1. The molecule has 3 aromatic rings. The van der Waals surface area contributed by atoms with Gasteiger partial charge in [0.15, 0.2) is 17.5 Å². The maximum absolute atomic E-state index is 6.04. The smallest absolute Gasteiger partial charge is 0.193 e. The van der Waals surface area contributed by atoms with E-state index in [4.69, 9.17) is 15.2 Å². The molecule has 2 aromatic carbocycles. The average Bonchev–Trinajstić information content (AvgIpc) is 2.83. The van der Waals surface area contributed by atoms with E-state index in [0.29, 0.717) is 25.7 Å². The van der Waals surface area contributed by atoms with Gasteiger partial charge in [-0.1, -0.05) is 12.1 Å². The second-order valence-electron chi connectivity index (χ2n) is 6.40. The van der Waals surface area contributed by atoms with Crippen molar-refractivity contribution in [3.63, 3.8) is 0 Å². The minimum atomic E-state index is 0. The highest BCUT2D eigenvalue weighted by atomic mass is 127. The number of rotatable bonds is 4. The number of hydrogen-bond donors (Lipinski definition) is 2. The Kier molecular flexibility index (Phi) is 6.61. The Morgan fingerprint density at radius 3 is 2.82 bits per heavy atom. The van der Waals surface area contributed by atoms with Gasteiger partial charge in [-0.25, -0.2) is 4.98 Å². The van der Waals surface area contributed by atoms with E-state index >= 15 is 0 Å². The van der Waals surface area contributed by atoms with E-state index in [-0.39, 0.29) is 24.0 Å². The van der Waals surface area contributed by atoms with Gasteiger partial charge >= 0.3 is 0 Å². The number of aliphatic imine (C=N–C) groups is 1. The van der Waals surface area contributed by atoms with E-state index in [1.54, 1.807) is 0 Å². The first-order chi connectivity index (χ1) is 13.2. The summed E-state index contributed by atoms with van der Waals surface area (Å²) in [6, 6.07) is 13.8. The molecule has 1 aliphatic heterocycles. The van der Waals surface area contributed by atoms with Gasteiger partial charge in [0.2, 0.25) is 0 Å². The highest BCUT2D eigenvalue weighted by Crippen LogP contribution is 2.32. The molecule has 0 aliphatic carbocycles. The van der Waals surface area contributed by atoms with Crippen molar-refractivity contribution in [2.45, 2.75) is 19.9 Å². The van der Waals surface area contributed by atoms with Crippen molar-refractivity contribution < 1.29 is 9.47 Å². The third kappa shape index (κ3) is 4.49. The Hall–Kier alpha value is -2.49. The number of ether oxygens (including phenoxy) is 2. The molecule has 3 N–H and O–H groups in total. The van der Waals surface area contributed by atoms with Gasteiger partial charge in [0, 0.05) is 24.7 Å². The van der Waals surface area contributed by atoms with Crippen LogP contribution in [0.25, 0.3) is 11.0 Å². The molecule has 1 aromatic heterocycles. The number of aryl methyl sites for hydroxylation is 1. The number of halogens is 1.